The molecule has 0 bridgehead atoms. The average molecular weight is 550 g/mol. The number of carbonyl (C=O) groups excluding carboxylic acids is 2. The number of pyridine rings is 1. The van der Waals surface area contributed by atoms with Gasteiger partial charge in [0.1, 0.15) is 11.6 Å². The molecule has 1 heterocycles. The van der Waals surface area contributed by atoms with E-state index in [9.17, 15) is 41.0 Å². The van der Waals surface area contributed by atoms with E-state index in [1.54, 1.807) is 0 Å². The molecular weight excluding hydrogens is 534 g/mol. The van der Waals surface area contributed by atoms with Crippen molar-refractivity contribution in [1.82, 2.24) is 10.4 Å². The molecule has 0 saturated heterocycles. The van der Waals surface area contributed by atoms with Gasteiger partial charge in [0, 0.05) is 16.7 Å². The molecule has 0 spiro atoms. The van der Waals surface area contributed by atoms with Gasteiger partial charge in [0.15, 0.2) is 0 Å². The zero-order valence-corrected chi connectivity index (χ0v) is 19.3. The van der Waals surface area contributed by atoms with E-state index in [-0.39, 0.29) is 22.7 Å². The molecule has 202 valence electrons. The Labute approximate surface area is 215 Å². The van der Waals surface area contributed by atoms with Crippen molar-refractivity contribution < 1.29 is 41.0 Å². The van der Waals surface area contributed by atoms with Gasteiger partial charge in [0.25, 0.3) is 11.8 Å². The van der Waals surface area contributed by atoms with E-state index in [4.69, 9.17) is 11.5 Å². The number of aromatic nitrogens is 1. The van der Waals surface area contributed by atoms with Crippen LogP contribution in [0.4, 0.5) is 32.2 Å². The van der Waals surface area contributed by atoms with Crippen molar-refractivity contribution in [2.24, 2.45) is 16.6 Å². The lowest BCUT2D eigenvalue weighted by atomic mass is 10.0. The Bertz CT molecular complexity index is 1500. The Hall–Kier alpha value is -5.26. The van der Waals surface area contributed by atoms with Gasteiger partial charge in [-0.1, -0.05) is 11.8 Å². The van der Waals surface area contributed by atoms with E-state index in [1.807, 2.05) is 5.43 Å². The molecule has 2 amide bonds. The zero-order valence-electron chi connectivity index (χ0n) is 19.3. The summed E-state index contributed by atoms with van der Waals surface area (Å²) in [5, 5.41) is 14.6. The van der Waals surface area contributed by atoms with Crippen LogP contribution < -0.4 is 22.2 Å². The number of anilines is 1. The van der Waals surface area contributed by atoms with Gasteiger partial charge >= 0.3 is 12.4 Å². The van der Waals surface area contributed by atoms with Crippen LogP contribution in [0.1, 0.15) is 43.0 Å². The fourth-order valence-electron chi connectivity index (χ4n) is 3.02. The van der Waals surface area contributed by atoms with Crippen LogP contribution in [0.2, 0.25) is 0 Å². The van der Waals surface area contributed by atoms with Crippen molar-refractivity contribution >= 4 is 23.6 Å². The zero-order chi connectivity index (χ0) is 29.0. The third-order valence-corrected chi connectivity index (χ3v) is 4.72. The van der Waals surface area contributed by atoms with E-state index < -0.39 is 52.4 Å². The number of nitrogens with zero attached hydrogens (tertiary/aromatic N) is 2. The normalized spacial score (nSPS) is 11.1. The number of benzene rings is 2. The lowest BCUT2D eigenvalue weighted by Crippen LogP contribution is -2.29. The molecule has 3 aromatic rings. The molecule has 0 aliphatic carbocycles. The minimum Gasteiger partial charge on any atom is -0.506 e. The molecule has 0 atom stereocenters. The highest BCUT2D eigenvalue weighted by Crippen LogP contribution is 2.33. The predicted molar refractivity (Wildman–Crippen MR) is 126 cm³/mol. The van der Waals surface area contributed by atoms with Crippen molar-refractivity contribution in [3.63, 3.8) is 0 Å². The number of amides is 2. The number of hydrazone groups is 1. The molecule has 2 aromatic carbocycles. The van der Waals surface area contributed by atoms with Crippen molar-refractivity contribution in [2.75, 3.05) is 5.32 Å². The Morgan fingerprint density at radius 3 is 2.15 bits per heavy atom. The summed E-state index contributed by atoms with van der Waals surface area (Å²) < 4.78 is 80.7. The van der Waals surface area contributed by atoms with Gasteiger partial charge in [-0.05, 0) is 48.5 Å². The van der Waals surface area contributed by atoms with E-state index >= 15 is 0 Å². The first kappa shape index (κ1) is 28.3. The average Bonchev–Trinajstić information content (AvgIpc) is 2.85. The molecular formula is C24H16F6N6O3. The van der Waals surface area contributed by atoms with Crippen molar-refractivity contribution in [2.45, 2.75) is 12.4 Å². The minimum atomic E-state index is -4.93. The number of hydrogen-bond acceptors (Lipinski definition) is 5. The van der Waals surface area contributed by atoms with Crippen molar-refractivity contribution in [1.29, 1.82) is 0 Å². The van der Waals surface area contributed by atoms with Gasteiger partial charge in [-0.15, -0.1) is 5.10 Å². The van der Waals surface area contributed by atoms with Crippen LogP contribution in [0.25, 0.3) is 0 Å². The first-order valence-electron chi connectivity index (χ1n) is 10.4. The van der Waals surface area contributed by atoms with Gasteiger partial charge in [-0.3, -0.25) is 9.59 Å². The summed E-state index contributed by atoms with van der Waals surface area (Å²) in [7, 11) is 0. The van der Waals surface area contributed by atoms with Crippen LogP contribution in [0, 0.1) is 11.8 Å². The Kier molecular flexibility index (Phi) is 7.99. The SMILES string of the molecule is NC(N)=NNC(=O)c1cc(C#Cc2ccc(C(F)(F)F)c(C(=O)Nc3ccc(O)cn3)c2)cc(C(F)(F)F)c1. The first-order valence-corrected chi connectivity index (χ1v) is 10.4. The second kappa shape index (κ2) is 11.0. The molecule has 0 fully saturated rings. The number of alkyl halides is 6. The number of aromatic hydroxyl groups is 1. The third-order valence-electron chi connectivity index (χ3n) is 4.72. The molecule has 0 aliphatic heterocycles. The number of rotatable bonds is 4. The Morgan fingerprint density at radius 1 is 0.872 bits per heavy atom. The summed E-state index contributed by atoms with van der Waals surface area (Å²) in [6, 6.07) is 6.74. The topological polar surface area (TPSA) is 156 Å². The van der Waals surface area contributed by atoms with Crippen LogP contribution >= 0.6 is 0 Å². The van der Waals surface area contributed by atoms with Crippen LogP contribution in [0.15, 0.2) is 59.8 Å². The number of nitrogens with one attached hydrogen (secondary N) is 2. The van der Waals surface area contributed by atoms with Crippen LogP contribution in [-0.4, -0.2) is 27.9 Å². The highest BCUT2D eigenvalue weighted by atomic mass is 19.4. The largest absolute Gasteiger partial charge is 0.506 e. The molecule has 7 N–H and O–H groups in total. The molecule has 15 heteroatoms. The molecule has 9 nitrogen and oxygen atoms in total. The summed E-state index contributed by atoms with van der Waals surface area (Å²) in [5.74, 6) is 1.48. The van der Waals surface area contributed by atoms with Crippen molar-refractivity contribution in [3.05, 3.63) is 88.1 Å². The number of hydrogen-bond donors (Lipinski definition) is 5. The monoisotopic (exact) mass is 550 g/mol. The molecule has 39 heavy (non-hydrogen) atoms. The summed E-state index contributed by atoms with van der Waals surface area (Å²) in [4.78, 5) is 28.4. The van der Waals surface area contributed by atoms with Gasteiger partial charge in [0.05, 0.1) is 22.9 Å². The standard InChI is InChI=1S/C24H16F6N6O3/c25-23(26,27)15-8-13(7-14(10-15)20(38)35-36-22(31)32)2-1-12-3-5-18(24(28,29)30)17(9-12)21(39)34-19-6-4-16(37)11-33-19/h3-11,37H,(H,35,38)(H4,31,32,36)(H,33,34,39). The van der Waals surface area contributed by atoms with Crippen LogP contribution in [-0.2, 0) is 12.4 Å². The predicted octanol–water partition coefficient (Wildman–Crippen LogP) is 3.40. The maximum absolute atomic E-state index is 13.5. The molecule has 3 rings (SSSR count). The van der Waals surface area contributed by atoms with E-state index in [0.29, 0.717) is 18.2 Å². The summed E-state index contributed by atoms with van der Waals surface area (Å²) >= 11 is 0. The number of halogens is 6. The minimum absolute atomic E-state index is 0.155. The van der Waals surface area contributed by atoms with Gasteiger partial charge in [-0.25, -0.2) is 10.4 Å². The number of guanidine groups is 1. The summed E-state index contributed by atoms with van der Waals surface area (Å²) in [6.45, 7) is 0. The fraction of sp³-hybridized carbons (Fsp3) is 0.0833. The second-order valence-electron chi connectivity index (χ2n) is 7.64. The molecule has 0 radical (unpaired) electrons. The molecule has 0 saturated carbocycles. The quantitative estimate of drug-likeness (QED) is 0.110. The first-order chi connectivity index (χ1) is 18.1. The number of carbonyl (C=O) groups is 2. The van der Waals surface area contributed by atoms with E-state index in [1.165, 1.54) is 0 Å². The fourth-order valence-corrected chi connectivity index (χ4v) is 3.02. The lowest BCUT2D eigenvalue weighted by molar-refractivity contribution is -0.138. The Balaban J connectivity index is 2.02. The van der Waals surface area contributed by atoms with Crippen LogP contribution in [0.3, 0.4) is 0 Å². The Morgan fingerprint density at radius 2 is 1.56 bits per heavy atom. The van der Waals surface area contributed by atoms with Gasteiger partial charge < -0.3 is 21.9 Å². The maximum Gasteiger partial charge on any atom is 0.417 e. The van der Waals surface area contributed by atoms with Gasteiger partial charge in [0.2, 0.25) is 5.96 Å². The maximum atomic E-state index is 13.5. The molecule has 0 aliphatic rings. The lowest BCUT2D eigenvalue weighted by Gasteiger charge is -2.13. The second-order valence-corrected chi connectivity index (χ2v) is 7.64. The highest BCUT2D eigenvalue weighted by Gasteiger charge is 2.35. The van der Waals surface area contributed by atoms with E-state index in [0.717, 1.165) is 36.5 Å². The van der Waals surface area contributed by atoms with E-state index in [2.05, 4.69) is 27.2 Å². The summed E-state index contributed by atoms with van der Waals surface area (Å²) in [6.07, 6.45) is -8.84. The highest BCUT2D eigenvalue weighted by molar-refractivity contribution is 6.05. The molecule has 1 aromatic heterocycles. The number of nitrogens with two attached hydrogens (primary N) is 2. The smallest absolute Gasteiger partial charge is 0.417 e. The summed E-state index contributed by atoms with van der Waals surface area (Å²) in [5.41, 5.74) is 7.64. The van der Waals surface area contributed by atoms with Crippen LogP contribution in [0.5, 0.6) is 5.75 Å². The third kappa shape index (κ3) is 7.61. The van der Waals surface area contributed by atoms with Gasteiger partial charge in [-0.2, -0.15) is 26.3 Å². The van der Waals surface area contributed by atoms with Crippen molar-refractivity contribution in [3.8, 4) is 17.6 Å². The molecule has 0 unspecified atom stereocenters.